The normalized spacial score (nSPS) is 17.0. The third-order valence-electron chi connectivity index (χ3n) is 6.66. The summed E-state index contributed by atoms with van der Waals surface area (Å²) in [4.78, 5) is 47.8. The van der Waals surface area contributed by atoms with E-state index in [-0.39, 0.29) is 30.0 Å². The summed E-state index contributed by atoms with van der Waals surface area (Å²) in [5.74, 6) is -0.732. The van der Waals surface area contributed by atoms with Gasteiger partial charge in [0.05, 0.1) is 6.10 Å². The van der Waals surface area contributed by atoms with Gasteiger partial charge in [0.1, 0.15) is 17.8 Å². The van der Waals surface area contributed by atoms with Gasteiger partial charge < -0.3 is 20.2 Å². The van der Waals surface area contributed by atoms with Crippen molar-refractivity contribution in [2.45, 2.75) is 33.0 Å². The second-order valence-corrected chi connectivity index (χ2v) is 10.7. The molecule has 0 radical (unpaired) electrons. The number of amides is 2. The quantitative estimate of drug-likeness (QED) is 0.526. The molecule has 2 aliphatic rings. The van der Waals surface area contributed by atoms with Gasteiger partial charge in [-0.05, 0) is 35.2 Å². The molecule has 0 aliphatic carbocycles. The number of halogens is 1. The Balaban J connectivity index is 1.51. The standard InChI is InChI=1S/C26H28ClN5O4/c1-26(2)14-31(15-26)22(34)13-32-23-19(21(7-8-28-23)30-11-18(33)12-30)9-20(25(32)36)24(35)29-10-16-3-5-17(27)6-4-16/h3-9,18,33H,10-15H2,1-2H3,(H,29,35). The van der Waals surface area contributed by atoms with Crippen LogP contribution in [0, 0.1) is 5.41 Å². The third kappa shape index (κ3) is 4.68. The summed E-state index contributed by atoms with van der Waals surface area (Å²) < 4.78 is 1.29. The van der Waals surface area contributed by atoms with E-state index in [4.69, 9.17) is 11.6 Å². The molecule has 4 heterocycles. The number of carbonyl (C=O) groups is 2. The van der Waals surface area contributed by atoms with E-state index >= 15 is 0 Å². The molecule has 10 heteroatoms. The maximum atomic E-state index is 13.5. The van der Waals surface area contributed by atoms with Gasteiger partial charge in [0.25, 0.3) is 11.5 Å². The maximum absolute atomic E-state index is 13.5. The van der Waals surface area contributed by atoms with E-state index in [2.05, 4.69) is 24.1 Å². The Morgan fingerprint density at radius 1 is 1.17 bits per heavy atom. The van der Waals surface area contributed by atoms with Crippen LogP contribution in [0.4, 0.5) is 5.69 Å². The second-order valence-electron chi connectivity index (χ2n) is 10.3. The lowest BCUT2D eigenvalue weighted by atomic mass is 9.84. The van der Waals surface area contributed by atoms with Crippen LogP contribution in [-0.4, -0.2) is 63.7 Å². The highest BCUT2D eigenvalue weighted by molar-refractivity contribution is 6.30. The monoisotopic (exact) mass is 509 g/mol. The maximum Gasteiger partial charge on any atom is 0.265 e. The van der Waals surface area contributed by atoms with Crippen molar-refractivity contribution in [1.82, 2.24) is 19.8 Å². The first-order valence-electron chi connectivity index (χ1n) is 11.9. The van der Waals surface area contributed by atoms with Crippen molar-refractivity contribution >= 4 is 40.1 Å². The van der Waals surface area contributed by atoms with E-state index in [0.717, 1.165) is 11.3 Å². The Morgan fingerprint density at radius 2 is 1.86 bits per heavy atom. The molecule has 2 saturated heterocycles. The predicted molar refractivity (Wildman–Crippen MR) is 137 cm³/mol. The minimum Gasteiger partial charge on any atom is -0.389 e. The highest BCUT2D eigenvalue weighted by Crippen LogP contribution is 2.31. The van der Waals surface area contributed by atoms with Crippen molar-refractivity contribution in [1.29, 1.82) is 0 Å². The lowest BCUT2D eigenvalue weighted by Crippen LogP contribution is -2.56. The van der Waals surface area contributed by atoms with Crippen LogP contribution in [0.25, 0.3) is 11.0 Å². The average molecular weight is 510 g/mol. The van der Waals surface area contributed by atoms with Crippen molar-refractivity contribution in [3.05, 3.63) is 69.1 Å². The van der Waals surface area contributed by atoms with E-state index in [1.54, 1.807) is 41.4 Å². The summed E-state index contributed by atoms with van der Waals surface area (Å²) in [6.45, 7) is 6.29. The number of aliphatic hydroxyl groups is 1. The van der Waals surface area contributed by atoms with E-state index in [9.17, 15) is 19.5 Å². The topological polar surface area (TPSA) is 108 Å². The number of hydrogen-bond donors (Lipinski definition) is 2. The number of hydrogen-bond acceptors (Lipinski definition) is 6. The summed E-state index contributed by atoms with van der Waals surface area (Å²) in [5.41, 5.74) is 1.34. The molecule has 9 nitrogen and oxygen atoms in total. The first-order valence-corrected chi connectivity index (χ1v) is 12.2. The van der Waals surface area contributed by atoms with Crippen molar-refractivity contribution in [2.24, 2.45) is 5.41 Å². The van der Waals surface area contributed by atoms with Crippen molar-refractivity contribution in [2.75, 3.05) is 31.1 Å². The minimum absolute atomic E-state index is 0.0514. The number of anilines is 1. The smallest absolute Gasteiger partial charge is 0.265 e. The Kier molecular flexibility index (Phi) is 6.22. The number of aliphatic hydroxyl groups excluding tert-OH is 1. The molecular weight excluding hydrogens is 482 g/mol. The molecule has 0 bridgehead atoms. The molecule has 1 aromatic carbocycles. The van der Waals surface area contributed by atoms with Crippen molar-refractivity contribution in [3.8, 4) is 0 Å². The van der Waals surface area contributed by atoms with Gasteiger partial charge in [0.2, 0.25) is 5.91 Å². The van der Waals surface area contributed by atoms with Crippen LogP contribution in [0.1, 0.15) is 29.8 Å². The number of pyridine rings is 2. The van der Waals surface area contributed by atoms with Gasteiger partial charge in [0.15, 0.2) is 0 Å². The van der Waals surface area contributed by atoms with E-state index in [0.29, 0.717) is 42.2 Å². The Bertz CT molecular complexity index is 1390. The molecule has 0 saturated carbocycles. The van der Waals surface area contributed by atoms with Crippen LogP contribution in [0.3, 0.4) is 0 Å². The number of fused-ring (bicyclic) bond motifs is 1. The first-order chi connectivity index (χ1) is 17.1. The fraction of sp³-hybridized carbons (Fsp3) is 0.385. The van der Waals surface area contributed by atoms with Crippen LogP contribution in [0.2, 0.25) is 5.02 Å². The summed E-state index contributed by atoms with van der Waals surface area (Å²) in [6.07, 6.45) is 1.15. The van der Waals surface area contributed by atoms with Gasteiger partial charge in [-0.25, -0.2) is 4.98 Å². The number of nitrogens with zero attached hydrogens (tertiary/aromatic N) is 4. The molecule has 5 rings (SSSR count). The van der Waals surface area contributed by atoms with E-state index in [1.165, 1.54) is 10.6 Å². The number of rotatable bonds is 6. The van der Waals surface area contributed by atoms with Crippen LogP contribution < -0.4 is 15.8 Å². The van der Waals surface area contributed by atoms with Crippen LogP contribution in [0.15, 0.2) is 47.4 Å². The first kappa shape index (κ1) is 24.3. The van der Waals surface area contributed by atoms with Crippen molar-refractivity contribution < 1.29 is 14.7 Å². The largest absolute Gasteiger partial charge is 0.389 e. The lowest BCUT2D eigenvalue weighted by molar-refractivity contribution is -0.142. The molecule has 3 aromatic rings. The summed E-state index contributed by atoms with van der Waals surface area (Å²) in [7, 11) is 0. The Labute approximate surface area is 213 Å². The Hall–Kier alpha value is -3.43. The minimum atomic E-state index is -0.572. The molecule has 36 heavy (non-hydrogen) atoms. The van der Waals surface area contributed by atoms with Gasteiger partial charge in [0, 0.05) is 55.0 Å². The molecule has 2 aromatic heterocycles. The van der Waals surface area contributed by atoms with Crippen LogP contribution in [-0.2, 0) is 17.9 Å². The molecular formula is C26H28ClN5O4. The van der Waals surface area contributed by atoms with Gasteiger partial charge in [-0.2, -0.15) is 0 Å². The molecule has 188 valence electrons. The van der Waals surface area contributed by atoms with Gasteiger partial charge in [-0.3, -0.25) is 19.0 Å². The van der Waals surface area contributed by atoms with Crippen molar-refractivity contribution in [3.63, 3.8) is 0 Å². The zero-order chi connectivity index (χ0) is 25.6. The fourth-order valence-electron chi connectivity index (χ4n) is 4.77. The van der Waals surface area contributed by atoms with E-state index in [1.807, 2.05) is 4.90 Å². The molecule has 2 amide bonds. The second kappa shape index (κ2) is 9.22. The highest BCUT2D eigenvalue weighted by Gasteiger charge is 2.37. The Morgan fingerprint density at radius 3 is 2.50 bits per heavy atom. The lowest BCUT2D eigenvalue weighted by Gasteiger charge is -2.45. The number of likely N-dealkylation sites (tertiary alicyclic amines) is 1. The molecule has 0 spiro atoms. The molecule has 2 fully saturated rings. The number of nitrogens with one attached hydrogen (secondary N) is 1. The van der Waals surface area contributed by atoms with E-state index < -0.39 is 17.6 Å². The van der Waals surface area contributed by atoms with Gasteiger partial charge >= 0.3 is 0 Å². The number of β-amino-alcohol motifs (C(OH)–C–C–N with tert-alkyl or cyclic N) is 1. The molecule has 0 unspecified atom stereocenters. The zero-order valence-electron chi connectivity index (χ0n) is 20.2. The SMILES string of the molecule is CC1(C)CN(C(=O)Cn2c(=O)c(C(=O)NCc3ccc(Cl)cc3)cc3c(N4CC(O)C4)ccnc32)C1. The van der Waals surface area contributed by atoms with Crippen LogP contribution >= 0.6 is 11.6 Å². The summed E-state index contributed by atoms with van der Waals surface area (Å²) in [5, 5.41) is 13.8. The van der Waals surface area contributed by atoms with Gasteiger partial charge in [-0.1, -0.05) is 37.6 Å². The highest BCUT2D eigenvalue weighted by atomic mass is 35.5. The fourth-order valence-corrected chi connectivity index (χ4v) is 4.90. The average Bonchev–Trinajstić information content (AvgIpc) is 2.81. The predicted octanol–water partition coefficient (Wildman–Crippen LogP) is 2.03. The number of aromatic nitrogens is 2. The van der Waals surface area contributed by atoms with Gasteiger partial charge in [-0.15, -0.1) is 0 Å². The number of benzene rings is 1. The number of carbonyl (C=O) groups excluding carboxylic acids is 2. The molecule has 2 aliphatic heterocycles. The molecule has 2 N–H and O–H groups in total. The summed E-state index contributed by atoms with van der Waals surface area (Å²) >= 11 is 5.94. The third-order valence-corrected chi connectivity index (χ3v) is 6.92. The molecule has 0 atom stereocenters. The van der Waals surface area contributed by atoms with Crippen LogP contribution in [0.5, 0.6) is 0 Å². The summed E-state index contributed by atoms with van der Waals surface area (Å²) in [6, 6.07) is 10.4. The zero-order valence-corrected chi connectivity index (χ0v) is 21.0.